The number of hydrazone groups is 1. The molecule has 0 spiro atoms. The van der Waals surface area contributed by atoms with Gasteiger partial charge in [-0.3, -0.25) is 4.79 Å². The fourth-order valence-corrected chi connectivity index (χ4v) is 2.90. The van der Waals surface area contributed by atoms with Gasteiger partial charge >= 0.3 is 0 Å². The minimum atomic E-state index is -0.352. The van der Waals surface area contributed by atoms with Crippen molar-refractivity contribution >= 4 is 28.1 Å². The zero-order valence-corrected chi connectivity index (χ0v) is 18.2. The lowest BCUT2D eigenvalue weighted by Gasteiger charge is -2.08. The molecule has 3 aromatic rings. The molecule has 0 fully saturated rings. The summed E-state index contributed by atoms with van der Waals surface area (Å²) in [4.78, 5) is 12.3. The van der Waals surface area contributed by atoms with Gasteiger partial charge in [0.1, 0.15) is 12.4 Å². The van der Waals surface area contributed by atoms with E-state index in [1.807, 2.05) is 48.5 Å². The molecule has 3 aromatic carbocycles. The third-order valence-electron chi connectivity index (χ3n) is 4.20. The Morgan fingerprint density at radius 1 is 1.00 bits per heavy atom. The van der Waals surface area contributed by atoms with Crippen LogP contribution < -0.4 is 19.6 Å². The van der Waals surface area contributed by atoms with Crippen LogP contribution in [0.2, 0.25) is 0 Å². The summed E-state index contributed by atoms with van der Waals surface area (Å²) in [5.41, 5.74) is 4.79. The van der Waals surface area contributed by atoms with Crippen molar-refractivity contribution in [2.24, 2.45) is 5.10 Å². The summed E-state index contributed by atoms with van der Waals surface area (Å²) >= 11 is 3.42. The van der Waals surface area contributed by atoms with Gasteiger partial charge < -0.3 is 14.2 Å². The van der Waals surface area contributed by atoms with Crippen molar-refractivity contribution in [3.05, 3.63) is 87.9 Å². The molecular formula is C23H21BrN2O4. The number of ether oxygens (including phenoxy) is 3. The highest BCUT2D eigenvalue weighted by molar-refractivity contribution is 9.10. The van der Waals surface area contributed by atoms with Crippen molar-refractivity contribution in [3.8, 4) is 17.2 Å². The zero-order chi connectivity index (χ0) is 21.3. The van der Waals surface area contributed by atoms with Gasteiger partial charge in [0.25, 0.3) is 5.91 Å². The molecule has 6 nitrogen and oxygen atoms in total. The number of halogens is 1. The van der Waals surface area contributed by atoms with Crippen LogP contribution in [0.3, 0.4) is 0 Å². The maximum Gasteiger partial charge on any atom is 0.271 e. The largest absolute Gasteiger partial charge is 0.493 e. The van der Waals surface area contributed by atoms with E-state index in [-0.39, 0.29) is 5.91 Å². The predicted octanol–water partition coefficient (Wildman–Crippen LogP) is 4.81. The molecule has 0 saturated heterocycles. The maximum absolute atomic E-state index is 12.3. The number of nitrogens with one attached hydrogen (secondary N) is 1. The molecule has 0 atom stereocenters. The smallest absolute Gasteiger partial charge is 0.271 e. The Morgan fingerprint density at radius 2 is 1.77 bits per heavy atom. The average molecular weight is 469 g/mol. The summed E-state index contributed by atoms with van der Waals surface area (Å²) in [6.45, 7) is 0.462. The summed E-state index contributed by atoms with van der Waals surface area (Å²) in [6.07, 6.45) is 1.56. The molecule has 1 amide bonds. The van der Waals surface area contributed by atoms with Crippen LogP contribution in [0.25, 0.3) is 0 Å². The predicted molar refractivity (Wildman–Crippen MR) is 120 cm³/mol. The summed E-state index contributed by atoms with van der Waals surface area (Å²) < 4.78 is 17.2. The van der Waals surface area contributed by atoms with Crippen molar-refractivity contribution in [1.82, 2.24) is 5.43 Å². The fraction of sp³-hybridized carbons (Fsp3) is 0.130. The van der Waals surface area contributed by atoms with Gasteiger partial charge in [0.15, 0.2) is 11.5 Å². The number of hydrogen-bond acceptors (Lipinski definition) is 5. The van der Waals surface area contributed by atoms with Gasteiger partial charge in [-0.15, -0.1) is 0 Å². The molecule has 1 N–H and O–H groups in total. The molecule has 30 heavy (non-hydrogen) atoms. The molecule has 7 heteroatoms. The lowest BCUT2D eigenvalue weighted by atomic mass is 10.2. The minimum Gasteiger partial charge on any atom is -0.493 e. The highest BCUT2D eigenvalue weighted by Crippen LogP contribution is 2.27. The van der Waals surface area contributed by atoms with E-state index in [0.29, 0.717) is 29.4 Å². The Morgan fingerprint density at radius 3 is 2.50 bits per heavy atom. The molecule has 0 aliphatic heterocycles. The molecule has 3 rings (SSSR count). The van der Waals surface area contributed by atoms with Crippen molar-refractivity contribution in [1.29, 1.82) is 0 Å². The zero-order valence-electron chi connectivity index (χ0n) is 16.6. The van der Waals surface area contributed by atoms with E-state index in [2.05, 4.69) is 26.5 Å². The summed E-state index contributed by atoms with van der Waals surface area (Å²) in [7, 11) is 3.06. The Balaban J connectivity index is 1.59. The van der Waals surface area contributed by atoms with Gasteiger partial charge in [0.05, 0.1) is 20.4 Å². The van der Waals surface area contributed by atoms with E-state index in [1.54, 1.807) is 31.5 Å². The number of rotatable bonds is 8. The van der Waals surface area contributed by atoms with Crippen LogP contribution in [0.4, 0.5) is 0 Å². The summed E-state index contributed by atoms with van der Waals surface area (Å²) in [5, 5.41) is 4.03. The number of benzene rings is 3. The van der Waals surface area contributed by atoms with Crippen LogP contribution in [-0.4, -0.2) is 26.3 Å². The topological polar surface area (TPSA) is 69.2 Å². The van der Waals surface area contributed by atoms with Gasteiger partial charge in [0.2, 0.25) is 0 Å². The molecule has 0 aromatic heterocycles. The van der Waals surface area contributed by atoms with Crippen molar-refractivity contribution in [2.45, 2.75) is 6.61 Å². The first-order valence-corrected chi connectivity index (χ1v) is 9.91. The molecule has 0 aliphatic rings. The summed E-state index contributed by atoms with van der Waals surface area (Å²) in [6, 6.07) is 20.3. The van der Waals surface area contributed by atoms with Gasteiger partial charge in [-0.25, -0.2) is 5.43 Å². The first-order chi connectivity index (χ1) is 14.6. The lowest BCUT2D eigenvalue weighted by Crippen LogP contribution is -2.17. The maximum atomic E-state index is 12.3. The van der Waals surface area contributed by atoms with E-state index in [4.69, 9.17) is 14.2 Å². The SMILES string of the molecule is COc1ccc(C(=O)N/N=C/c2cccc(OCc3ccc(Br)cc3)c2)cc1OC. The van der Waals surface area contributed by atoms with Crippen LogP contribution in [0.1, 0.15) is 21.5 Å². The van der Waals surface area contributed by atoms with E-state index in [1.165, 1.54) is 7.11 Å². The molecule has 0 bridgehead atoms. The Kier molecular flexibility index (Phi) is 7.45. The average Bonchev–Trinajstić information content (AvgIpc) is 2.78. The van der Waals surface area contributed by atoms with E-state index in [0.717, 1.165) is 15.6 Å². The third kappa shape index (κ3) is 5.84. The Bertz CT molecular complexity index is 1040. The Labute approximate surface area is 183 Å². The monoisotopic (exact) mass is 468 g/mol. The number of amides is 1. The molecule has 0 heterocycles. The second kappa shape index (κ2) is 10.5. The standard InChI is InChI=1S/C23H21BrN2O4/c1-28-21-11-8-18(13-22(21)29-2)23(27)26-25-14-17-4-3-5-20(12-17)30-15-16-6-9-19(24)10-7-16/h3-14H,15H2,1-2H3,(H,26,27)/b25-14+. The van der Waals surface area contributed by atoms with Crippen LogP contribution in [0.5, 0.6) is 17.2 Å². The van der Waals surface area contributed by atoms with Gasteiger partial charge in [-0.2, -0.15) is 5.10 Å². The first-order valence-electron chi connectivity index (χ1n) is 9.12. The van der Waals surface area contributed by atoms with Crippen LogP contribution in [0, 0.1) is 0 Å². The van der Waals surface area contributed by atoms with Crippen LogP contribution >= 0.6 is 15.9 Å². The molecule has 0 radical (unpaired) electrons. The lowest BCUT2D eigenvalue weighted by molar-refractivity contribution is 0.0954. The number of carbonyl (C=O) groups excluding carboxylic acids is 1. The van der Waals surface area contributed by atoms with Crippen molar-refractivity contribution in [2.75, 3.05) is 14.2 Å². The van der Waals surface area contributed by atoms with Gasteiger partial charge in [0, 0.05) is 10.0 Å². The molecular weight excluding hydrogens is 448 g/mol. The third-order valence-corrected chi connectivity index (χ3v) is 4.73. The number of nitrogens with zero attached hydrogens (tertiary/aromatic N) is 1. The molecule has 0 unspecified atom stereocenters. The molecule has 0 aliphatic carbocycles. The fourth-order valence-electron chi connectivity index (χ4n) is 2.64. The van der Waals surface area contributed by atoms with E-state index < -0.39 is 0 Å². The molecule has 0 saturated carbocycles. The molecule has 154 valence electrons. The highest BCUT2D eigenvalue weighted by atomic mass is 79.9. The number of methoxy groups -OCH3 is 2. The van der Waals surface area contributed by atoms with Crippen molar-refractivity contribution < 1.29 is 19.0 Å². The van der Waals surface area contributed by atoms with Gasteiger partial charge in [-0.1, -0.05) is 40.2 Å². The minimum absolute atomic E-state index is 0.352. The van der Waals surface area contributed by atoms with E-state index >= 15 is 0 Å². The summed E-state index contributed by atoms with van der Waals surface area (Å²) in [5.74, 6) is 1.39. The Hall–Kier alpha value is -3.32. The first kappa shape index (κ1) is 21.4. The number of carbonyl (C=O) groups is 1. The normalized spacial score (nSPS) is 10.6. The number of hydrogen-bond donors (Lipinski definition) is 1. The van der Waals surface area contributed by atoms with E-state index in [9.17, 15) is 4.79 Å². The van der Waals surface area contributed by atoms with Crippen LogP contribution in [-0.2, 0) is 6.61 Å². The highest BCUT2D eigenvalue weighted by Gasteiger charge is 2.10. The second-order valence-electron chi connectivity index (χ2n) is 6.26. The van der Waals surface area contributed by atoms with Crippen LogP contribution in [0.15, 0.2) is 76.3 Å². The van der Waals surface area contributed by atoms with Crippen molar-refractivity contribution in [3.63, 3.8) is 0 Å². The quantitative estimate of drug-likeness (QED) is 0.380. The second-order valence-corrected chi connectivity index (χ2v) is 7.17. The van der Waals surface area contributed by atoms with Gasteiger partial charge in [-0.05, 0) is 53.6 Å².